The van der Waals surface area contributed by atoms with Crippen LogP contribution in [0.3, 0.4) is 0 Å². The van der Waals surface area contributed by atoms with Gasteiger partial charge in [0.25, 0.3) is 0 Å². The van der Waals surface area contributed by atoms with Crippen LogP contribution >= 0.6 is 0 Å². The molecule has 1 aromatic carbocycles. The molecule has 2 aromatic rings. The molecule has 1 heterocycles. The minimum Gasteiger partial charge on any atom is -0.287 e. The van der Waals surface area contributed by atoms with Crippen molar-refractivity contribution in [1.29, 1.82) is 0 Å². The van der Waals surface area contributed by atoms with E-state index in [1.54, 1.807) is 0 Å². The van der Waals surface area contributed by atoms with E-state index >= 15 is 0 Å². The van der Waals surface area contributed by atoms with Gasteiger partial charge >= 0.3 is 0 Å². The van der Waals surface area contributed by atoms with E-state index in [0.717, 1.165) is 5.56 Å². The predicted molar refractivity (Wildman–Crippen MR) is 76.1 cm³/mol. The molecule has 0 saturated carbocycles. The Labute approximate surface area is 114 Å². The number of carbonyl (C=O) groups is 1. The lowest BCUT2D eigenvalue weighted by molar-refractivity contribution is -0.683. The zero-order valence-corrected chi connectivity index (χ0v) is 11.8. The Balaban J connectivity index is 2.12. The van der Waals surface area contributed by atoms with E-state index in [0.29, 0.717) is 6.54 Å². The molecule has 98 valence electrons. The van der Waals surface area contributed by atoms with Crippen molar-refractivity contribution < 1.29 is 9.36 Å². The van der Waals surface area contributed by atoms with Crippen molar-refractivity contribution in [3.8, 4) is 0 Å². The van der Waals surface area contributed by atoms with E-state index in [4.69, 9.17) is 0 Å². The summed E-state index contributed by atoms with van der Waals surface area (Å²) in [7, 11) is 0. The summed E-state index contributed by atoms with van der Waals surface area (Å²) >= 11 is 0. The maximum atomic E-state index is 12.2. The average molecular weight is 254 g/mol. The molecule has 0 aliphatic rings. The first-order valence-corrected chi connectivity index (χ1v) is 6.55. The van der Waals surface area contributed by atoms with E-state index < -0.39 is 0 Å². The molecular formula is C17H20NO+. The second-order valence-electron chi connectivity index (χ2n) is 5.80. The number of rotatable bonds is 3. The quantitative estimate of drug-likeness (QED) is 0.609. The summed E-state index contributed by atoms with van der Waals surface area (Å²) in [5, 5.41) is 0. The highest BCUT2D eigenvalue weighted by molar-refractivity contribution is 5.95. The second-order valence-corrected chi connectivity index (χ2v) is 5.80. The molecule has 0 bridgehead atoms. The van der Waals surface area contributed by atoms with Gasteiger partial charge in [0.15, 0.2) is 12.4 Å². The molecule has 0 aliphatic carbocycles. The van der Waals surface area contributed by atoms with E-state index in [1.165, 1.54) is 5.56 Å². The van der Waals surface area contributed by atoms with Crippen molar-refractivity contribution in [2.24, 2.45) is 0 Å². The van der Waals surface area contributed by atoms with Gasteiger partial charge in [-0.05, 0) is 11.0 Å². The largest absolute Gasteiger partial charge is 0.287 e. The van der Waals surface area contributed by atoms with Crippen LogP contribution in [0.5, 0.6) is 0 Å². The first-order chi connectivity index (χ1) is 8.97. The Hall–Kier alpha value is -1.96. The number of hydrogen-bond donors (Lipinski definition) is 0. The topological polar surface area (TPSA) is 20.9 Å². The number of pyridine rings is 1. The highest BCUT2D eigenvalue weighted by Gasteiger charge is 2.15. The molecule has 0 atom stereocenters. The van der Waals surface area contributed by atoms with E-state index in [9.17, 15) is 4.79 Å². The number of Topliss-reactive ketones (excluding diaryl/α,β-unsaturated/α-hetero) is 1. The predicted octanol–water partition coefficient (Wildman–Crippen LogP) is 3.15. The third kappa shape index (κ3) is 3.50. The standard InChI is InChI=1S/C17H20NO/c1-17(2,3)15-9-7-14(8-10-15)16(19)13-18-11-5-4-6-12-18/h4-12H,13H2,1-3H3/q+1. The van der Waals surface area contributed by atoms with Crippen molar-refractivity contribution in [2.45, 2.75) is 32.7 Å². The third-order valence-electron chi connectivity index (χ3n) is 3.18. The fourth-order valence-corrected chi connectivity index (χ4v) is 1.95. The Morgan fingerprint density at radius 2 is 1.58 bits per heavy atom. The van der Waals surface area contributed by atoms with Gasteiger partial charge in [0.1, 0.15) is 0 Å². The molecule has 0 unspecified atom stereocenters. The average Bonchev–Trinajstić information content (AvgIpc) is 2.39. The van der Waals surface area contributed by atoms with E-state index in [1.807, 2.05) is 59.4 Å². The van der Waals surface area contributed by atoms with Crippen molar-refractivity contribution >= 4 is 5.78 Å². The van der Waals surface area contributed by atoms with Crippen LogP contribution < -0.4 is 4.57 Å². The molecule has 0 N–H and O–H groups in total. The van der Waals surface area contributed by atoms with Gasteiger partial charge in [-0.3, -0.25) is 4.79 Å². The minimum atomic E-state index is 0.121. The fourth-order valence-electron chi connectivity index (χ4n) is 1.95. The SMILES string of the molecule is CC(C)(C)c1ccc(C(=O)C[n+]2ccccc2)cc1. The van der Waals surface area contributed by atoms with Crippen LogP contribution in [-0.2, 0) is 12.0 Å². The zero-order chi connectivity index (χ0) is 13.9. The summed E-state index contributed by atoms with van der Waals surface area (Å²) in [5.41, 5.74) is 2.14. The van der Waals surface area contributed by atoms with Gasteiger partial charge in [0.05, 0.1) is 0 Å². The molecule has 0 aliphatic heterocycles. The maximum absolute atomic E-state index is 12.2. The number of nitrogens with zero attached hydrogens (tertiary/aromatic N) is 1. The minimum absolute atomic E-state index is 0.121. The van der Waals surface area contributed by atoms with Crippen molar-refractivity contribution in [2.75, 3.05) is 0 Å². The third-order valence-corrected chi connectivity index (χ3v) is 3.18. The van der Waals surface area contributed by atoms with Crippen LogP contribution in [-0.4, -0.2) is 5.78 Å². The molecule has 0 saturated heterocycles. The smallest absolute Gasteiger partial charge is 0.227 e. The number of benzene rings is 1. The Morgan fingerprint density at radius 3 is 2.11 bits per heavy atom. The first kappa shape index (κ1) is 13.5. The van der Waals surface area contributed by atoms with Crippen LogP contribution in [0.15, 0.2) is 54.9 Å². The molecule has 19 heavy (non-hydrogen) atoms. The zero-order valence-electron chi connectivity index (χ0n) is 11.8. The van der Waals surface area contributed by atoms with Gasteiger partial charge in [0.2, 0.25) is 12.3 Å². The van der Waals surface area contributed by atoms with E-state index in [2.05, 4.69) is 20.8 Å². The van der Waals surface area contributed by atoms with Crippen LogP contribution in [0.2, 0.25) is 0 Å². The van der Waals surface area contributed by atoms with Gasteiger partial charge in [-0.1, -0.05) is 51.1 Å². The first-order valence-electron chi connectivity index (χ1n) is 6.55. The molecule has 0 spiro atoms. The Morgan fingerprint density at radius 1 is 1.00 bits per heavy atom. The monoisotopic (exact) mass is 254 g/mol. The normalized spacial score (nSPS) is 11.3. The molecule has 1 aromatic heterocycles. The van der Waals surface area contributed by atoms with Crippen LogP contribution in [0, 0.1) is 0 Å². The number of aromatic nitrogens is 1. The van der Waals surface area contributed by atoms with Crippen molar-refractivity contribution in [3.63, 3.8) is 0 Å². The van der Waals surface area contributed by atoms with Crippen LogP contribution in [0.1, 0.15) is 36.7 Å². The highest BCUT2D eigenvalue weighted by atomic mass is 16.1. The lowest BCUT2D eigenvalue weighted by Gasteiger charge is -2.18. The molecule has 0 radical (unpaired) electrons. The second kappa shape index (κ2) is 5.35. The molecule has 2 nitrogen and oxygen atoms in total. The van der Waals surface area contributed by atoms with Gasteiger partial charge in [-0.15, -0.1) is 0 Å². The number of ketones is 1. The number of carbonyl (C=O) groups excluding carboxylic acids is 1. The highest BCUT2D eigenvalue weighted by Crippen LogP contribution is 2.22. The van der Waals surface area contributed by atoms with Gasteiger partial charge in [-0.2, -0.15) is 4.57 Å². The van der Waals surface area contributed by atoms with Gasteiger partial charge < -0.3 is 0 Å². The van der Waals surface area contributed by atoms with Crippen LogP contribution in [0.4, 0.5) is 0 Å². The Kier molecular flexibility index (Phi) is 3.79. The molecule has 2 heteroatoms. The van der Waals surface area contributed by atoms with Gasteiger partial charge in [0, 0.05) is 17.7 Å². The molecule has 0 fully saturated rings. The lowest BCUT2D eigenvalue weighted by atomic mass is 9.86. The summed E-state index contributed by atoms with van der Waals surface area (Å²) in [4.78, 5) is 12.2. The summed E-state index contributed by atoms with van der Waals surface area (Å²) in [6.45, 7) is 6.90. The summed E-state index contributed by atoms with van der Waals surface area (Å²) in [6.07, 6.45) is 3.81. The Bertz CT molecular complexity index is 550. The van der Waals surface area contributed by atoms with Gasteiger partial charge in [-0.25, -0.2) is 0 Å². The maximum Gasteiger partial charge on any atom is 0.227 e. The summed E-state index contributed by atoms with van der Waals surface area (Å²) < 4.78 is 1.89. The molecule has 2 rings (SSSR count). The van der Waals surface area contributed by atoms with Crippen molar-refractivity contribution in [3.05, 3.63) is 66.0 Å². The van der Waals surface area contributed by atoms with Crippen molar-refractivity contribution in [1.82, 2.24) is 0 Å². The van der Waals surface area contributed by atoms with Crippen LogP contribution in [0.25, 0.3) is 0 Å². The van der Waals surface area contributed by atoms with E-state index in [-0.39, 0.29) is 11.2 Å². The summed E-state index contributed by atoms with van der Waals surface area (Å²) in [6, 6.07) is 13.7. The molecular weight excluding hydrogens is 234 g/mol. The fraction of sp³-hybridized carbons (Fsp3) is 0.294. The lowest BCUT2D eigenvalue weighted by Crippen LogP contribution is -2.36. The molecule has 0 amide bonds. The number of hydrogen-bond acceptors (Lipinski definition) is 1. The summed E-state index contributed by atoms with van der Waals surface area (Å²) in [5.74, 6) is 0.136.